The van der Waals surface area contributed by atoms with Gasteiger partial charge >= 0.3 is 17.9 Å². The van der Waals surface area contributed by atoms with E-state index in [1.54, 1.807) is 48.5 Å². The Kier molecular flexibility index (Phi) is 18.1. The van der Waals surface area contributed by atoms with E-state index in [0.717, 1.165) is 51.0 Å². The van der Waals surface area contributed by atoms with Crippen LogP contribution in [0.15, 0.2) is 60.7 Å². The van der Waals surface area contributed by atoms with Crippen molar-refractivity contribution in [2.24, 2.45) is 5.92 Å². The number of aliphatic carboxylic acids is 3. The molecule has 0 saturated carbocycles. The molecule has 0 aliphatic rings. The number of ketones is 1. The number of unbranched alkanes of at least 4 members (excludes halogenated alkanes) is 8. The molecule has 0 radical (unpaired) electrons. The van der Waals surface area contributed by atoms with E-state index in [-0.39, 0.29) is 12.2 Å². The molecule has 0 saturated heterocycles. The monoisotopic (exact) mass is 701 g/mol. The molecule has 0 aliphatic carbocycles. The van der Waals surface area contributed by atoms with Gasteiger partial charge in [0.2, 0.25) is 5.91 Å². The summed E-state index contributed by atoms with van der Waals surface area (Å²) >= 11 is 5.89. The van der Waals surface area contributed by atoms with Gasteiger partial charge in [-0.2, -0.15) is 0 Å². The molecule has 2 rings (SSSR count). The van der Waals surface area contributed by atoms with Crippen molar-refractivity contribution in [2.75, 3.05) is 0 Å². The number of benzene rings is 2. The maximum absolute atomic E-state index is 13.4. The topological polar surface area (TPSA) is 188 Å². The van der Waals surface area contributed by atoms with Gasteiger partial charge in [0.05, 0.1) is 12.3 Å². The first-order valence-corrected chi connectivity index (χ1v) is 17.1. The Morgan fingerprint density at radius 3 is 1.90 bits per heavy atom. The Bertz CT molecular complexity index is 1390. The second kappa shape index (κ2) is 21.7. The highest BCUT2D eigenvalue weighted by Gasteiger charge is 2.49. The molecular formula is C37H48ClNO10. The van der Waals surface area contributed by atoms with Gasteiger partial charge in [-0.1, -0.05) is 81.3 Å². The fourth-order valence-electron chi connectivity index (χ4n) is 5.26. The van der Waals surface area contributed by atoms with Crippen LogP contribution < -0.4 is 10.1 Å². The van der Waals surface area contributed by atoms with E-state index in [1.807, 2.05) is 0 Å². The quantitative estimate of drug-likeness (QED) is 0.0534. The highest BCUT2D eigenvalue weighted by Crippen LogP contribution is 2.27. The average Bonchev–Trinajstić information content (AvgIpc) is 3.04. The molecule has 0 spiro atoms. The molecule has 0 aromatic heterocycles. The number of hydrogen-bond donors (Lipinski definition) is 5. The first-order chi connectivity index (χ1) is 23.3. The molecule has 268 valence electrons. The van der Waals surface area contributed by atoms with Crippen LogP contribution in [0.2, 0.25) is 5.02 Å². The van der Waals surface area contributed by atoms with Crippen LogP contribution in [0.4, 0.5) is 0 Å². The minimum atomic E-state index is -3.03. The fourth-order valence-corrected chi connectivity index (χ4v) is 5.39. The van der Waals surface area contributed by atoms with Crippen LogP contribution in [0.3, 0.4) is 0 Å². The lowest BCUT2D eigenvalue weighted by Crippen LogP contribution is -2.55. The zero-order valence-electron chi connectivity index (χ0n) is 27.9. The molecule has 2 aromatic carbocycles. The normalized spacial score (nSPS) is 13.7. The molecule has 2 aromatic rings. The minimum Gasteiger partial charge on any atom is -0.481 e. The Morgan fingerprint density at radius 1 is 0.816 bits per heavy atom. The molecule has 12 heteroatoms. The van der Waals surface area contributed by atoms with Crippen LogP contribution in [-0.4, -0.2) is 61.7 Å². The van der Waals surface area contributed by atoms with Crippen molar-refractivity contribution in [3.05, 3.63) is 71.3 Å². The molecular weight excluding hydrogens is 654 g/mol. The number of aliphatic hydroxyl groups is 1. The first kappa shape index (κ1) is 41.0. The molecule has 0 aliphatic heterocycles. The Balaban J connectivity index is 2.01. The second-order valence-electron chi connectivity index (χ2n) is 12.2. The van der Waals surface area contributed by atoms with E-state index in [1.165, 1.54) is 12.5 Å². The molecule has 0 fully saturated rings. The highest BCUT2D eigenvalue weighted by molar-refractivity contribution is 6.30. The SMILES string of the molecule is CCCCCCCC(=O)CCCCCCC=C[C@H](C(=O)N[C@@H](Cc1ccc(Oc2ccc(Cl)cc2)cc1)C(=O)O)[C@@](O)(CC(=O)O)C(=O)O. The molecule has 3 atom stereocenters. The van der Waals surface area contributed by atoms with Gasteiger partial charge in [0, 0.05) is 24.3 Å². The average molecular weight is 702 g/mol. The van der Waals surface area contributed by atoms with E-state index in [9.17, 15) is 44.4 Å². The summed E-state index contributed by atoms with van der Waals surface area (Å²) in [6, 6.07) is 11.6. The number of carboxylic acid groups (broad SMARTS) is 3. The van der Waals surface area contributed by atoms with Gasteiger partial charge in [0.1, 0.15) is 23.3 Å². The Hall–Kier alpha value is -4.22. The molecule has 5 N–H and O–H groups in total. The minimum absolute atomic E-state index is 0.190. The van der Waals surface area contributed by atoms with E-state index in [0.29, 0.717) is 47.8 Å². The number of carboxylic acids is 3. The number of carbonyl (C=O) groups is 5. The summed E-state index contributed by atoms with van der Waals surface area (Å²) < 4.78 is 5.74. The van der Waals surface area contributed by atoms with Gasteiger partial charge in [-0.3, -0.25) is 14.4 Å². The summed E-state index contributed by atoms with van der Waals surface area (Å²) in [4.78, 5) is 61.1. The van der Waals surface area contributed by atoms with Crippen molar-refractivity contribution in [2.45, 2.75) is 108 Å². The maximum atomic E-state index is 13.4. The number of nitrogens with one attached hydrogen (secondary N) is 1. The van der Waals surface area contributed by atoms with Crippen LogP contribution in [-0.2, 0) is 30.4 Å². The predicted octanol–water partition coefficient (Wildman–Crippen LogP) is 6.98. The summed E-state index contributed by atoms with van der Waals surface area (Å²) in [6.45, 7) is 2.15. The van der Waals surface area contributed by atoms with E-state index in [2.05, 4.69) is 12.2 Å². The number of ether oxygens (including phenoxy) is 1. The number of halogens is 1. The summed E-state index contributed by atoms with van der Waals surface area (Å²) in [5.41, 5.74) is -2.52. The lowest BCUT2D eigenvalue weighted by Gasteiger charge is -2.29. The van der Waals surface area contributed by atoms with E-state index < -0.39 is 47.8 Å². The van der Waals surface area contributed by atoms with Gasteiger partial charge in [-0.25, -0.2) is 9.59 Å². The van der Waals surface area contributed by atoms with Crippen molar-refractivity contribution >= 4 is 41.2 Å². The molecule has 0 heterocycles. The number of hydrogen-bond acceptors (Lipinski definition) is 7. The van der Waals surface area contributed by atoms with Crippen molar-refractivity contribution in [1.82, 2.24) is 5.32 Å². The van der Waals surface area contributed by atoms with Crippen LogP contribution in [0.25, 0.3) is 0 Å². The maximum Gasteiger partial charge on any atom is 0.337 e. The van der Waals surface area contributed by atoms with Crippen molar-refractivity contribution < 1.29 is 49.1 Å². The standard InChI is InChI=1S/C37H48ClNO10/c1-2-3-4-7-10-13-28(40)14-11-8-5-6-9-12-15-31(37(48,36(46)47)25-33(41)42)34(43)39-32(35(44)45)24-26-16-20-29(21-17-26)49-30-22-18-27(38)19-23-30/h12,15-23,31-32,48H,2-11,13-14,24-25H2,1H3,(H,39,43)(H,41,42)(H,44,45)(H,46,47)/t31-,32+,37+/m1/s1. The number of carbonyl (C=O) groups excluding carboxylic acids is 2. The Morgan fingerprint density at radius 2 is 1.37 bits per heavy atom. The molecule has 1 amide bonds. The summed E-state index contributed by atoms with van der Waals surface area (Å²) in [5, 5.41) is 42.7. The lowest BCUT2D eigenvalue weighted by molar-refractivity contribution is -0.172. The number of rotatable bonds is 25. The molecule has 11 nitrogen and oxygen atoms in total. The molecule has 0 unspecified atom stereocenters. The third kappa shape index (κ3) is 15.3. The van der Waals surface area contributed by atoms with Gasteiger partial charge in [0.15, 0.2) is 5.60 Å². The molecule has 0 bridgehead atoms. The highest BCUT2D eigenvalue weighted by atomic mass is 35.5. The number of Topliss-reactive ketones (excluding diaryl/α,β-unsaturated/α-hetero) is 1. The van der Waals surface area contributed by atoms with Crippen LogP contribution >= 0.6 is 11.6 Å². The van der Waals surface area contributed by atoms with Crippen molar-refractivity contribution in [3.8, 4) is 11.5 Å². The zero-order valence-corrected chi connectivity index (χ0v) is 28.7. The smallest absolute Gasteiger partial charge is 0.337 e. The summed E-state index contributed by atoms with van der Waals surface area (Å²) in [5.74, 6) is -6.77. The number of amides is 1. The zero-order chi connectivity index (χ0) is 36.2. The van der Waals surface area contributed by atoms with Crippen LogP contribution in [0.5, 0.6) is 11.5 Å². The Labute approximate surface area is 292 Å². The summed E-state index contributed by atoms with van der Waals surface area (Å²) in [7, 11) is 0. The van der Waals surface area contributed by atoms with Gasteiger partial charge in [-0.15, -0.1) is 0 Å². The van der Waals surface area contributed by atoms with E-state index >= 15 is 0 Å². The largest absolute Gasteiger partial charge is 0.481 e. The van der Waals surface area contributed by atoms with Crippen LogP contribution in [0, 0.1) is 5.92 Å². The lowest BCUT2D eigenvalue weighted by atomic mass is 9.82. The first-order valence-electron chi connectivity index (χ1n) is 16.8. The van der Waals surface area contributed by atoms with Gasteiger partial charge in [-0.05, 0) is 67.6 Å². The number of allylic oxidation sites excluding steroid dienone is 1. The third-order valence-corrected chi connectivity index (χ3v) is 8.33. The summed E-state index contributed by atoms with van der Waals surface area (Å²) in [6.07, 6.45) is 11.1. The third-order valence-electron chi connectivity index (χ3n) is 8.08. The van der Waals surface area contributed by atoms with Gasteiger partial charge < -0.3 is 30.5 Å². The molecule has 49 heavy (non-hydrogen) atoms. The second-order valence-corrected chi connectivity index (χ2v) is 12.6. The van der Waals surface area contributed by atoms with Crippen LogP contribution in [0.1, 0.15) is 96.0 Å². The van der Waals surface area contributed by atoms with Crippen molar-refractivity contribution in [3.63, 3.8) is 0 Å². The fraction of sp³-hybridized carbons (Fsp3) is 0.486. The van der Waals surface area contributed by atoms with Gasteiger partial charge in [0.25, 0.3) is 0 Å². The van der Waals surface area contributed by atoms with E-state index in [4.69, 9.17) is 16.3 Å². The predicted molar refractivity (Wildman–Crippen MR) is 185 cm³/mol. The van der Waals surface area contributed by atoms with Crippen molar-refractivity contribution in [1.29, 1.82) is 0 Å².